The van der Waals surface area contributed by atoms with Gasteiger partial charge in [0.1, 0.15) is 11.6 Å². The molecule has 3 aromatic heterocycles. The van der Waals surface area contributed by atoms with Crippen molar-refractivity contribution in [3.8, 4) is 11.3 Å². The summed E-state index contributed by atoms with van der Waals surface area (Å²) >= 11 is 0. The number of hydrogen-bond donors (Lipinski definition) is 4. The molecular weight excluding hydrogens is 487 g/mol. The second kappa shape index (κ2) is 9.86. The number of aromatic nitrogens is 3. The third-order valence-corrected chi connectivity index (χ3v) is 7.03. The molecule has 2 fully saturated rings. The first-order valence-electron chi connectivity index (χ1n) is 12.7. The Morgan fingerprint density at radius 1 is 1.08 bits per heavy atom. The average Bonchev–Trinajstić information content (AvgIpc) is 3.76. The number of nitrogens with zero attached hydrogens (tertiary/aromatic N) is 3. The zero-order valence-corrected chi connectivity index (χ0v) is 20.6. The third-order valence-electron chi connectivity index (χ3n) is 7.03. The topological polar surface area (TPSA) is 123 Å². The van der Waals surface area contributed by atoms with Crippen LogP contribution in [-0.2, 0) is 4.79 Å². The predicted molar refractivity (Wildman–Crippen MR) is 144 cm³/mol. The second-order valence-corrected chi connectivity index (χ2v) is 9.83. The monoisotopic (exact) mass is 514 g/mol. The van der Waals surface area contributed by atoms with Gasteiger partial charge in [-0.05, 0) is 68.1 Å². The van der Waals surface area contributed by atoms with E-state index in [4.69, 9.17) is 0 Å². The third kappa shape index (κ3) is 4.95. The lowest BCUT2D eigenvalue weighted by atomic mass is 10.1. The van der Waals surface area contributed by atoms with Gasteiger partial charge < -0.3 is 25.6 Å². The number of rotatable bonds is 6. The quantitative estimate of drug-likeness (QED) is 0.304. The van der Waals surface area contributed by atoms with Crippen molar-refractivity contribution in [1.29, 1.82) is 0 Å². The molecule has 1 amide bonds. The van der Waals surface area contributed by atoms with Crippen LogP contribution >= 0.6 is 0 Å². The van der Waals surface area contributed by atoms with Gasteiger partial charge in [-0.25, -0.2) is 14.4 Å². The van der Waals surface area contributed by atoms with Gasteiger partial charge in [-0.1, -0.05) is 0 Å². The molecule has 0 bridgehead atoms. The number of benzene rings is 1. The van der Waals surface area contributed by atoms with E-state index in [-0.39, 0.29) is 29.1 Å². The standard InChI is InChI=1S/C28H27FN6O3/c29-21-13-17(32-27(37)16-1-2-16)3-5-20(21)23-14-24(26-22(33-23)7-10-30-28(26)38)34-25-6-4-18(15-31-25)35-11-8-19(36)9-12-35/h3-7,10,13-16,19,36H,1-2,8-9,11-12H2,(H,30,38)(H,32,37)(H,31,33,34). The fraction of sp³-hybridized carbons (Fsp3) is 0.286. The maximum absolute atomic E-state index is 15.2. The molecule has 0 atom stereocenters. The molecule has 1 aliphatic carbocycles. The molecule has 38 heavy (non-hydrogen) atoms. The number of halogens is 1. The predicted octanol–water partition coefficient (Wildman–Crippen LogP) is 4.18. The van der Waals surface area contributed by atoms with Crippen LogP contribution in [0, 0.1) is 11.7 Å². The number of fused-ring (bicyclic) bond motifs is 1. The minimum absolute atomic E-state index is 0.0158. The highest BCUT2D eigenvalue weighted by molar-refractivity contribution is 5.96. The number of amides is 1. The maximum Gasteiger partial charge on any atom is 0.259 e. The van der Waals surface area contributed by atoms with Gasteiger partial charge in [0, 0.05) is 36.5 Å². The number of carbonyl (C=O) groups excluding carboxylic acids is 1. The van der Waals surface area contributed by atoms with Crippen molar-refractivity contribution >= 4 is 39.7 Å². The van der Waals surface area contributed by atoms with E-state index in [0.717, 1.165) is 44.5 Å². The highest BCUT2D eigenvalue weighted by atomic mass is 19.1. The van der Waals surface area contributed by atoms with E-state index in [1.54, 1.807) is 30.5 Å². The van der Waals surface area contributed by atoms with Crippen LogP contribution in [0.5, 0.6) is 0 Å². The summed E-state index contributed by atoms with van der Waals surface area (Å²) in [7, 11) is 0. The fourth-order valence-corrected chi connectivity index (χ4v) is 4.73. The summed E-state index contributed by atoms with van der Waals surface area (Å²) in [5, 5.41) is 16.0. The first kappa shape index (κ1) is 24.1. The van der Waals surface area contributed by atoms with E-state index < -0.39 is 5.82 Å². The van der Waals surface area contributed by atoms with Crippen LogP contribution in [0.25, 0.3) is 22.2 Å². The molecule has 1 saturated carbocycles. The van der Waals surface area contributed by atoms with Crippen molar-refractivity contribution < 1.29 is 14.3 Å². The molecule has 6 rings (SSSR count). The van der Waals surface area contributed by atoms with Crippen LogP contribution in [0.1, 0.15) is 25.7 Å². The van der Waals surface area contributed by atoms with Crippen molar-refractivity contribution in [2.75, 3.05) is 28.6 Å². The maximum atomic E-state index is 15.2. The molecule has 4 aromatic rings. The lowest BCUT2D eigenvalue weighted by molar-refractivity contribution is -0.117. The lowest BCUT2D eigenvalue weighted by Gasteiger charge is -2.31. The number of hydrogen-bond acceptors (Lipinski definition) is 7. The molecular formula is C28H27FN6O3. The van der Waals surface area contributed by atoms with E-state index in [0.29, 0.717) is 33.8 Å². The molecule has 0 radical (unpaired) electrons. The minimum Gasteiger partial charge on any atom is -0.393 e. The molecule has 4 heterocycles. The molecule has 4 N–H and O–H groups in total. The molecule has 194 valence electrons. The molecule has 0 unspecified atom stereocenters. The van der Waals surface area contributed by atoms with Crippen molar-refractivity contribution in [2.24, 2.45) is 5.92 Å². The summed E-state index contributed by atoms with van der Waals surface area (Å²) in [5.41, 5.74) is 2.46. The molecule has 1 aromatic carbocycles. The van der Waals surface area contributed by atoms with Crippen LogP contribution in [0.4, 0.5) is 27.3 Å². The number of H-pyrrole nitrogens is 1. The Morgan fingerprint density at radius 2 is 1.89 bits per heavy atom. The van der Waals surface area contributed by atoms with Gasteiger partial charge in [0.25, 0.3) is 5.56 Å². The van der Waals surface area contributed by atoms with E-state index in [1.807, 2.05) is 12.1 Å². The summed E-state index contributed by atoms with van der Waals surface area (Å²) in [6.45, 7) is 1.52. The van der Waals surface area contributed by atoms with Crippen LogP contribution < -0.4 is 21.1 Å². The minimum atomic E-state index is -0.532. The lowest BCUT2D eigenvalue weighted by Crippen LogP contribution is -2.35. The van der Waals surface area contributed by atoms with Crippen molar-refractivity contribution in [1.82, 2.24) is 15.0 Å². The summed E-state index contributed by atoms with van der Waals surface area (Å²) in [4.78, 5) is 38.7. The van der Waals surface area contributed by atoms with Crippen LogP contribution in [-0.4, -0.2) is 45.2 Å². The number of anilines is 4. The van der Waals surface area contributed by atoms with E-state index in [2.05, 4.69) is 30.5 Å². The molecule has 9 nitrogen and oxygen atoms in total. The van der Waals surface area contributed by atoms with Gasteiger partial charge in [0.2, 0.25) is 5.91 Å². The Kier molecular flexibility index (Phi) is 6.24. The van der Waals surface area contributed by atoms with Crippen LogP contribution in [0.15, 0.2) is 59.7 Å². The van der Waals surface area contributed by atoms with Gasteiger partial charge in [-0.3, -0.25) is 9.59 Å². The average molecular weight is 515 g/mol. The summed E-state index contributed by atoms with van der Waals surface area (Å²) in [6, 6.07) is 11.6. The first-order valence-corrected chi connectivity index (χ1v) is 12.7. The summed E-state index contributed by atoms with van der Waals surface area (Å²) < 4.78 is 15.2. The number of aromatic amines is 1. The highest BCUT2D eigenvalue weighted by Crippen LogP contribution is 2.33. The molecule has 1 aliphatic heterocycles. The van der Waals surface area contributed by atoms with Crippen molar-refractivity contribution in [3.05, 3.63) is 71.0 Å². The van der Waals surface area contributed by atoms with Gasteiger partial charge in [-0.2, -0.15) is 0 Å². The number of pyridine rings is 3. The van der Waals surface area contributed by atoms with Gasteiger partial charge >= 0.3 is 0 Å². The first-order chi connectivity index (χ1) is 18.4. The molecule has 10 heteroatoms. The Morgan fingerprint density at radius 3 is 2.61 bits per heavy atom. The molecule has 2 aliphatic rings. The number of aliphatic hydroxyl groups is 1. The second-order valence-electron chi connectivity index (χ2n) is 9.83. The number of carbonyl (C=O) groups is 1. The Labute approximate surface area is 217 Å². The highest BCUT2D eigenvalue weighted by Gasteiger charge is 2.29. The van der Waals surface area contributed by atoms with Gasteiger partial charge in [0.15, 0.2) is 0 Å². The number of nitrogens with one attached hydrogen (secondary N) is 3. The molecule has 0 spiro atoms. The smallest absolute Gasteiger partial charge is 0.259 e. The summed E-state index contributed by atoms with van der Waals surface area (Å²) in [5.74, 6) is -0.0911. The zero-order chi connectivity index (χ0) is 26.2. The van der Waals surface area contributed by atoms with Gasteiger partial charge in [-0.15, -0.1) is 0 Å². The van der Waals surface area contributed by atoms with Crippen LogP contribution in [0.2, 0.25) is 0 Å². The SMILES string of the molecule is O=C(Nc1ccc(-c2cc(Nc3ccc(N4CCC(O)CC4)cn3)c3c(=O)[nH]ccc3n2)c(F)c1)C1CC1. The normalized spacial score (nSPS) is 16.0. The Bertz CT molecular complexity index is 1560. The number of piperidine rings is 1. The van der Waals surface area contributed by atoms with Crippen molar-refractivity contribution in [2.45, 2.75) is 31.8 Å². The Hall–Kier alpha value is -4.31. The largest absolute Gasteiger partial charge is 0.393 e. The summed E-state index contributed by atoms with van der Waals surface area (Å²) in [6.07, 6.45) is 6.17. The van der Waals surface area contributed by atoms with Crippen LogP contribution in [0.3, 0.4) is 0 Å². The number of aliphatic hydroxyl groups excluding tert-OH is 1. The fourth-order valence-electron chi connectivity index (χ4n) is 4.73. The zero-order valence-electron chi connectivity index (χ0n) is 20.6. The van der Waals surface area contributed by atoms with E-state index in [1.165, 1.54) is 12.3 Å². The van der Waals surface area contributed by atoms with E-state index >= 15 is 4.39 Å². The van der Waals surface area contributed by atoms with Gasteiger partial charge in [0.05, 0.1) is 40.3 Å². The molecule has 1 saturated heterocycles. The van der Waals surface area contributed by atoms with E-state index in [9.17, 15) is 14.7 Å². The Balaban J connectivity index is 1.31. The van der Waals surface area contributed by atoms with Crippen molar-refractivity contribution in [3.63, 3.8) is 0 Å².